The molecule has 4 nitrogen and oxygen atoms in total. The van der Waals surface area contributed by atoms with Gasteiger partial charge in [0.2, 0.25) is 0 Å². The van der Waals surface area contributed by atoms with Crippen molar-refractivity contribution in [1.82, 2.24) is 4.90 Å². The molecule has 0 fully saturated rings. The van der Waals surface area contributed by atoms with Crippen molar-refractivity contribution < 1.29 is 9.53 Å². The minimum Gasteiger partial charge on any atom is -0.492 e. The number of benzene rings is 1. The van der Waals surface area contributed by atoms with Gasteiger partial charge in [0, 0.05) is 22.6 Å². The molecule has 21 heavy (non-hydrogen) atoms. The molecule has 0 saturated heterocycles. The van der Waals surface area contributed by atoms with Gasteiger partial charge >= 0.3 is 0 Å². The Bertz CT molecular complexity index is 606. The number of nitrogens with zero attached hydrogens (tertiary/aromatic N) is 1. The standard InChI is InChI=1S/C15H17ClN2O2S/c1-10-13(17)9-14(21-10)15(19)18(2)7-8-20-12-5-3-11(16)4-6-12/h3-6,9H,7-8,17H2,1-2H3. The summed E-state index contributed by atoms with van der Waals surface area (Å²) in [4.78, 5) is 15.4. The zero-order valence-electron chi connectivity index (χ0n) is 11.9. The van der Waals surface area contributed by atoms with Crippen LogP contribution in [0.5, 0.6) is 5.75 Å². The van der Waals surface area contributed by atoms with Crippen molar-refractivity contribution in [2.75, 3.05) is 25.9 Å². The highest BCUT2D eigenvalue weighted by molar-refractivity contribution is 7.14. The molecule has 0 spiro atoms. The first-order valence-corrected chi connectivity index (χ1v) is 7.66. The molecule has 1 aromatic heterocycles. The number of halogens is 1. The number of amides is 1. The van der Waals surface area contributed by atoms with Crippen molar-refractivity contribution in [3.8, 4) is 5.75 Å². The van der Waals surface area contributed by atoms with E-state index in [2.05, 4.69) is 0 Å². The molecule has 1 aromatic carbocycles. The van der Waals surface area contributed by atoms with Gasteiger partial charge < -0.3 is 15.4 Å². The van der Waals surface area contributed by atoms with Crippen LogP contribution in [0.25, 0.3) is 0 Å². The molecule has 1 amide bonds. The van der Waals surface area contributed by atoms with Crippen molar-refractivity contribution in [3.05, 3.63) is 45.1 Å². The third-order valence-electron chi connectivity index (χ3n) is 3.02. The van der Waals surface area contributed by atoms with E-state index in [0.29, 0.717) is 28.7 Å². The monoisotopic (exact) mass is 324 g/mol. The highest BCUT2D eigenvalue weighted by Gasteiger charge is 2.15. The van der Waals surface area contributed by atoms with Gasteiger partial charge in [-0.2, -0.15) is 0 Å². The lowest BCUT2D eigenvalue weighted by atomic mass is 10.3. The van der Waals surface area contributed by atoms with Gasteiger partial charge in [0.1, 0.15) is 12.4 Å². The van der Waals surface area contributed by atoms with E-state index in [1.165, 1.54) is 11.3 Å². The van der Waals surface area contributed by atoms with Gasteiger partial charge in [0.05, 0.1) is 11.4 Å². The van der Waals surface area contributed by atoms with Crippen LogP contribution in [0, 0.1) is 6.92 Å². The van der Waals surface area contributed by atoms with Gasteiger partial charge in [0.15, 0.2) is 0 Å². The number of hydrogen-bond donors (Lipinski definition) is 1. The Kier molecular flexibility index (Phi) is 5.09. The largest absolute Gasteiger partial charge is 0.492 e. The Morgan fingerprint density at radius 2 is 2.05 bits per heavy atom. The predicted molar refractivity (Wildman–Crippen MR) is 87.4 cm³/mol. The molecule has 0 atom stereocenters. The molecule has 0 saturated carbocycles. The van der Waals surface area contributed by atoms with Crippen molar-refractivity contribution in [2.24, 2.45) is 0 Å². The van der Waals surface area contributed by atoms with Gasteiger partial charge in [-0.3, -0.25) is 4.79 Å². The molecule has 2 N–H and O–H groups in total. The highest BCUT2D eigenvalue weighted by atomic mass is 35.5. The Hall–Kier alpha value is -1.72. The number of anilines is 1. The number of thiophene rings is 1. The second-order valence-electron chi connectivity index (χ2n) is 4.65. The van der Waals surface area contributed by atoms with Crippen molar-refractivity contribution in [3.63, 3.8) is 0 Å². The number of nitrogen functional groups attached to an aromatic ring is 1. The summed E-state index contributed by atoms with van der Waals surface area (Å²) in [6.07, 6.45) is 0. The predicted octanol–water partition coefficient (Wildman–Crippen LogP) is 3.44. The Labute approximate surface area is 133 Å². The lowest BCUT2D eigenvalue weighted by Gasteiger charge is -2.16. The maximum absolute atomic E-state index is 12.2. The van der Waals surface area contributed by atoms with Crippen molar-refractivity contribution >= 4 is 34.5 Å². The van der Waals surface area contributed by atoms with E-state index in [-0.39, 0.29) is 5.91 Å². The molecule has 112 valence electrons. The Balaban J connectivity index is 1.85. The fourth-order valence-electron chi connectivity index (χ4n) is 1.72. The van der Waals surface area contributed by atoms with Crippen LogP contribution in [0.4, 0.5) is 5.69 Å². The van der Waals surface area contributed by atoms with Crippen molar-refractivity contribution in [1.29, 1.82) is 0 Å². The maximum Gasteiger partial charge on any atom is 0.263 e. The highest BCUT2D eigenvalue weighted by Crippen LogP contribution is 2.24. The summed E-state index contributed by atoms with van der Waals surface area (Å²) in [5.74, 6) is 0.691. The lowest BCUT2D eigenvalue weighted by molar-refractivity contribution is 0.0778. The normalized spacial score (nSPS) is 10.4. The first-order chi connectivity index (χ1) is 9.97. The zero-order valence-corrected chi connectivity index (χ0v) is 13.5. The maximum atomic E-state index is 12.2. The number of aryl methyl sites for hydroxylation is 1. The second kappa shape index (κ2) is 6.83. The van der Waals surface area contributed by atoms with Crippen LogP contribution >= 0.6 is 22.9 Å². The number of carbonyl (C=O) groups is 1. The summed E-state index contributed by atoms with van der Waals surface area (Å²) >= 11 is 7.21. The quantitative estimate of drug-likeness (QED) is 0.916. The molecule has 0 aliphatic rings. The van der Waals surface area contributed by atoms with E-state index in [0.717, 1.165) is 10.6 Å². The minimum absolute atomic E-state index is 0.0421. The van der Waals surface area contributed by atoms with Crippen LogP contribution in [0.3, 0.4) is 0 Å². The van der Waals surface area contributed by atoms with Crippen molar-refractivity contribution in [2.45, 2.75) is 6.92 Å². The number of rotatable bonds is 5. The number of nitrogens with two attached hydrogens (primary N) is 1. The molecule has 0 unspecified atom stereocenters. The van der Waals surface area contributed by atoms with E-state index < -0.39 is 0 Å². The average molecular weight is 325 g/mol. The van der Waals surface area contributed by atoms with Gasteiger partial charge in [-0.25, -0.2) is 0 Å². The van der Waals surface area contributed by atoms with Crippen LogP contribution in [0.2, 0.25) is 5.02 Å². The third-order valence-corrected chi connectivity index (χ3v) is 4.33. The van der Waals surface area contributed by atoms with Gasteiger partial charge in [-0.15, -0.1) is 11.3 Å². The molecular formula is C15H17ClN2O2S. The smallest absolute Gasteiger partial charge is 0.263 e. The van der Waals surface area contributed by atoms with Gasteiger partial charge in [0.25, 0.3) is 5.91 Å². The minimum atomic E-state index is -0.0421. The molecule has 2 rings (SSSR count). The first-order valence-electron chi connectivity index (χ1n) is 6.47. The van der Waals surface area contributed by atoms with E-state index in [1.54, 1.807) is 42.3 Å². The molecule has 2 aromatic rings. The first kappa shape index (κ1) is 15.7. The molecule has 0 aliphatic carbocycles. The lowest BCUT2D eigenvalue weighted by Crippen LogP contribution is -2.30. The van der Waals surface area contributed by atoms with Crippen LogP contribution in [-0.2, 0) is 0 Å². The molecule has 6 heteroatoms. The Morgan fingerprint density at radius 1 is 1.38 bits per heavy atom. The summed E-state index contributed by atoms with van der Waals surface area (Å²) in [5.41, 5.74) is 6.43. The number of carbonyl (C=O) groups excluding carboxylic acids is 1. The fraction of sp³-hybridized carbons (Fsp3) is 0.267. The van der Waals surface area contributed by atoms with Crippen LogP contribution in [-0.4, -0.2) is 31.0 Å². The van der Waals surface area contributed by atoms with E-state index >= 15 is 0 Å². The summed E-state index contributed by atoms with van der Waals surface area (Å²) in [6, 6.07) is 8.85. The summed E-state index contributed by atoms with van der Waals surface area (Å²) < 4.78 is 5.57. The molecule has 0 aliphatic heterocycles. The van der Waals surface area contributed by atoms with E-state index in [4.69, 9.17) is 22.1 Å². The Morgan fingerprint density at radius 3 is 2.62 bits per heavy atom. The van der Waals surface area contributed by atoms with Crippen LogP contribution in [0.15, 0.2) is 30.3 Å². The fourth-order valence-corrected chi connectivity index (χ4v) is 2.78. The summed E-state index contributed by atoms with van der Waals surface area (Å²) in [6.45, 7) is 2.82. The van der Waals surface area contributed by atoms with Crippen LogP contribution in [0.1, 0.15) is 14.5 Å². The molecule has 0 bridgehead atoms. The second-order valence-corrected chi connectivity index (χ2v) is 6.34. The zero-order chi connectivity index (χ0) is 15.4. The van der Waals surface area contributed by atoms with Gasteiger partial charge in [-0.05, 0) is 37.3 Å². The molecule has 0 radical (unpaired) electrons. The summed E-state index contributed by atoms with van der Waals surface area (Å²) in [5, 5.41) is 0.667. The molecule has 1 heterocycles. The number of likely N-dealkylation sites (N-methyl/N-ethyl adjacent to an activating group) is 1. The summed E-state index contributed by atoms with van der Waals surface area (Å²) in [7, 11) is 1.75. The molecular weight excluding hydrogens is 308 g/mol. The number of hydrogen-bond acceptors (Lipinski definition) is 4. The number of ether oxygens (including phenoxy) is 1. The topological polar surface area (TPSA) is 55.6 Å². The third kappa shape index (κ3) is 4.12. The SMILES string of the molecule is Cc1sc(C(=O)N(C)CCOc2ccc(Cl)cc2)cc1N. The van der Waals surface area contributed by atoms with Gasteiger partial charge in [-0.1, -0.05) is 11.6 Å². The van der Waals surface area contributed by atoms with Crippen LogP contribution < -0.4 is 10.5 Å². The van der Waals surface area contributed by atoms with E-state index in [1.807, 2.05) is 6.92 Å². The average Bonchev–Trinajstić information content (AvgIpc) is 2.80. The van der Waals surface area contributed by atoms with E-state index in [9.17, 15) is 4.79 Å².